The third-order valence-corrected chi connectivity index (χ3v) is 2.57. The molecule has 4 nitrogen and oxygen atoms in total. The van der Waals surface area contributed by atoms with Gasteiger partial charge in [0.2, 0.25) is 0 Å². The van der Waals surface area contributed by atoms with Crippen molar-refractivity contribution in [1.82, 2.24) is 0 Å². The zero-order chi connectivity index (χ0) is 10.2. The Morgan fingerprint density at radius 3 is 2.23 bits per heavy atom. The van der Waals surface area contributed by atoms with Crippen molar-refractivity contribution in [2.45, 2.75) is 50.8 Å². The summed E-state index contributed by atoms with van der Waals surface area (Å²) >= 11 is 0. The normalized spacial score (nSPS) is 44.8. The van der Waals surface area contributed by atoms with Gasteiger partial charge in [-0.3, -0.25) is 0 Å². The minimum atomic E-state index is -0.885. The van der Waals surface area contributed by atoms with Crippen LogP contribution in [-0.4, -0.2) is 47.3 Å². The second-order valence-electron chi connectivity index (χ2n) is 4.06. The molecule has 1 heterocycles. The Labute approximate surface area is 78.5 Å². The molecule has 4 heteroatoms. The van der Waals surface area contributed by atoms with Crippen LogP contribution in [0.2, 0.25) is 0 Å². The van der Waals surface area contributed by atoms with E-state index in [1.807, 2.05) is 13.8 Å². The molecule has 1 unspecified atom stereocenters. The van der Waals surface area contributed by atoms with E-state index >= 15 is 0 Å². The SMILES string of the molecule is COC1[C@H](O)[C@H](O)[C@@H](C)OC1(C)C. The van der Waals surface area contributed by atoms with E-state index in [1.54, 1.807) is 6.92 Å². The van der Waals surface area contributed by atoms with Crippen molar-refractivity contribution >= 4 is 0 Å². The summed E-state index contributed by atoms with van der Waals surface area (Å²) in [5.74, 6) is 0. The highest BCUT2D eigenvalue weighted by atomic mass is 16.6. The highest BCUT2D eigenvalue weighted by molar-refractivity contribution is 4.96. The molecule has 78 valence electrons. The molecule has 0 aromatic heterocycles. The Morgan fingerprint density at radius 2 is 1.77 bits per heavy atom. The van der Waals surface area contributed by atoms with E-state index < -0.39 is 23.9 Å². The minimum Gasteiger partial charge on any atom is -0.388 e. The molecule has 1 aliphatic rings. The molecule has 1 aliphatic heterocycles. The molecule has 0 spiro atoms. The fourth-order valence-electron chi connectivity index (χ4n) is 1.91. The molecular weight excluding hydrogens is 172 g/mol. The molecule has 4 atom stereocenters. The van der Waals surface area contributed by atoms with E-state index in [4.69, 9.17) is 9.47 Å². The van der Waals surface area contributed by atoms with Crippen LogP contribution in [0.4, 0.5) is 0 Å². The molecule has 2 N–H and O–H groups in total. The number of hydrogen-bond donors (Lipinski definition) is 2. The van der Waals surface area contributed by atoms with E-state index in [1.165, 1.54) is 7.11 Å². The first-order chi connectivity index (χ1) is 5.90. The predicted molar refractivity (Wildman–Crippen MR) is 47.4 cm³/mol. The first-order valence-corrected chi connectivity index (χ1v) is 4.47. The Hall–Kier alpha value is -0.160. The van der Waals surface area contributed by atoms with Crippen LogP contribution < -0.4 is 0 Å². The maximum absolute atomic E-state index is 9.69. The molecule has 0 aromatic rings. The summed E-state index contributed by atoms with van der Waals surface area (Å²) in [6, 6.07) is 0. The summed E-state index contributed by atoms with van der Waals surface area (Å²) in [5, 5.41) is 19.2. The Morgan fingerprint density at radius 1 is 1.23 bits per heavy atom. The van der Waals surface area contributed by atoms with Crippen LogP contribution in [0.5, 0.6) is 0 Å². The molecule has 0 bridgehead atoms. The average molecular weight is 190 g/mol. The molecule has 0 amide bonds. The standard InChI is InChI=1S/C9H18O4/c1-5-6(10)7(11)8(12-4)9(2,3)13-5/h5-8,10-11H,1-4H3/t5-,6-,7-,8?/m1/s1. The second-order valence-corrected chi connectivity index (χ2v) is 4.06. The zero-order valence-corrected chi connectivity index (χ0v) is 8.52. The van der Waals surface area contributed by atoms with Crippen molar-refractivity contribution in [2.24, 2.45) is 0 Å². The number of aliphatic hydroxyl groups is 2. The molecule has 13 heavy (non-hydrogen) atoms. The van der Waals surface area contributed by atoms with E-state index in [2.05, 4.69) is 0 Å². The van der Waals surface area contributed by atoms with Gasteiger partial charge in [0, 0.05) is 7.11 Å². The smallest absolute Gasteiger partial charge is 0.114 e. The summed E-state index contributed by atoms with van der Waals surface area (Å²) in [5.41, 5.74) is -0.563. The number of hydrogen-bond acceptors (Lipinski definition) is 4. The van der Waals surface area contributed by atoms with Gasteiger partial charge in [-0.05, 0) is 20.8 Å². The number of aliphatic hydroxyl groups excluding tert-OH is 2. The molecule has 0 aliphatic carbocycles. The van der Waals surface area contributed by atoms with Crippen molar-refractivity contribution in [3.8, 4) is 0 Å². The summed E-state index contributed by atoms with van der Waals surface area (Å²) in [6.07, 6.45) is -2.61. The van der Waals surface area contributed by atoms with Gasteiger partial charge in [-0.15, -0.1) is 0 Å². The van der Waals surface area contributed by atoms with Gasteiger partial charge >= 0.3 is 0 Å². The monoisotopic (exact) mass is 190 g/mol. The lowest BCUT2D eigenvalue weighted by Gasteiger charge is -2.46. The van der Waals surface area contributed by atoms with Crippen LogP contribution >= 0.6 is 0 Å². The van der Waals surface area contributed by atoms with Crippen LogP contribution in [-0.2, 0) is 9.47 Å². The predicted octanol–water partition coefficient (Wildman–Crippen LogP) is -0.0795. The van der Waals surface area contributed by atoms with Crippen molar-refractivity contribution in [2.75, 3.05) is 7.11 Å². The van der Waals surface area contributed by atoms with Gasteiger partial charge in [-0.2, -0.15) is 0 Å². The molecular formula is C9H18O4. The van der Waals surface area contributed by atoms with Gasteiger partial charge in [0.1, 0.15) is 18.3 Å². The van der Waals surface area contributed by atoms with Crippen molar-refractivity contribution in [3.05, 3.63) is 0 Å². The second kappa shape index (κ2) is 3.53. The van der Waals surface area contributed by atoms with Crippen molar-refractivity contribution in [1.29, 1.82) is 0 Å². The van der Waals surface area contributed by atoms with Gasteiger partial charge in [-0.25, -0.2) is 0 Å². The molecule has 0 aromatic carbocycles. The first-order valence-electron chi connectivity index (χ1n) is 4.47. The lowest BCUT2D eigenvalue weighted by atomic mass is 9.88. The van der Waals surface area contributed by atoms with Crippen LogP contribution in [0.15, 0.2) is 0 Å². The number of ether oxygens (including phenoxy) is 2. The van der Waals surface area contributed by atoms with Gasteiger partial charge in [0.05, 0.1) is 11.7 Å². The molecule has 0 radical (unpaired) electrons. The van der Waals surface area contributed by atoms with Crippen LogP contribution in [0.3, 0.4) is 0 Å². The van der Waals surface area contributed by atoms with E-state index in [0.29, 0.717) is 0 Å². The Bertz CT molecular complexity index is 180. The van der Waals surface area contributed by atoms with Crippen LogP contribution in [0, 0.1) is 0 Å². The zero-order valence-electron chi connectivity index (χ0n) is 8.52. The third kappa shape index (κ3) is 1.86. The van der Waals surface area contributed by atoms with E-state index in [9.17, 15) is 10.2 Å². The Kier molecular flexibility index (Phi) is 2.97. The average Bonchev–Trinajstić information content (AvgIpc) is 2.00. The van der Waals surface area contributed by atoms with Gasteiger partial charge in [0.15, 0.2) is 0 Å². The summed E-state index contributed by atoms with van der Waals surface area (Å²) in [4.78, 5) is 0. The summed E-state index contributed by atoms with van der Waals surface area (Å²) in [7, 11) is 1.50. The van der Waals surface area contributed by atoms with Crippen molar-refractivity contribution < 1.29 is 19.7 Å². The summed E-state index contributed by atoms with van der Waals surface area (Å²) in [6.45, 7) is 5.42. The minimum absolute atomic E-state index is 0.364. The lowest BCUT2D eigenvalue weighted by Crippen LogP contribution is -2.61. The molecule has 1 saturated heterocycles. The number of rotatable bonds is 1. The summed E-state index contributed by atoms with van der Waals surface area (Å²) < 4.78 is 10.6. The lowest BCUT2D eigenvalue weighted by molar-refractivity contribution is -0.258. The topological polar surface area (TPSA) is 58.9 Å². The maximum Gasteiger partial charge on any atom is 0.114 e. The van der Waals surface area contributed by atoms with Crippen molar-refractivity contribution in [3.63, 3.8) is 0 Å². The van der Waals surface area contributed by atoms with Gasteiger partial charge in [0.25, 0.3) is 0 Å². The molecule has 1 rings (SSSR count). The number of methoxy groups -OCH3 is 1. The third-order valence-electron chi connectivity index (χ3n) is 2.57. The first kappa shape index (κ1) is 10.9. The fourth-order valence-corrected chi connectivity index (χ4v) is 1.91. The molecule has 1 fully saturated rings. The fraction of sp³-hybridized carbons (Fsp3) is 1.00. The van der Waals surface area contributed by atoms with Crippen LogP contribution in [0.25, 0.3) is 0 Å². The van der Waals surface area contributed by atoms with Gasteiger partial charge in [-0.1, -0.05) is 0 Å². The van der Waals surface area contributed by atoms with E-state index in [-0.39, 0.29) is 6.10 Å². The highest BCUT2D eigenvalue weighted by Gasteiger charge is 2.47. The van der Waals surface area contributed by atoms with E-state index in [0.717, 1.165) is 0 Å². The quantitative estimate of drug-likeness (QED) is 0.607. The maximum atomic E-state index is 9.69. The van der Waals surface area contributed by atoms with Gasteiger partial charge < -0.3 is 19.7 Å². The highest BCUT2D eigenvalue weighted by Crippen LogP contribution is 2.30. The molecule has 0 saturated carbocycles. The van der Waals surface area contributed by atoms with Crippen LogP contribution in [0.1, 0.15) is 20.8 Å². The largest absolute Gasteiger partial charge is 0.388 e. The Balaban J connectivity index is 2.82.